The molecule has 1 unspecified atom stereocenters. The monoisotopic (exact) mass is 374 g/mol. The Balaban J connectivity index is 0.00000196. The minimum Gasteiger partial charge on any atom is -0.334 e. The van der Waals surface area contributed by atoms with Crippen LogP contribution in [0.4, 0.5) is 0 Å². The van der Waals surface area contributed by atoms with Crippen LogP contribution in [-0.4, -0.2) is 40.1 Å². The number of aromatic nitrogens is 2. The number of hydrogen-bond acceptors (Lipinski definition) is 3. The second kappa shape index (κ2) is 8.69. The summed E-state index contributed by atoms with van der Waals surface area (Å²) < 4.78 is 0. The number of likely N-dealkylation sites (tertiary alicyclic amines) is 1. The number of nitrogens with zero attached hydrogens (tertiary/aromatic N) is 2. The molecule has 1 atom stereocenters. The Kier molecular flexibility index (Phi) is 6.33. The summed E-state index contributed by atoms with van der Waals surface area (Å²) in [7, 11) is 0. The van der Waals surface area contributed by atoms with E-state index in [-0.39, 0.29) is 18.3 Å². The van der Waals surface area contributed by atoms with Gasteiger partial charge in [-0.1, -0.05) is 30.3 Å². The lowest BCUT2D eigenvalue weighted by atomic mass is 10.0. The highest BCUT2D eigenvalue weighted by molar-refractivity contribution is 5.94. The number of H-pyrrole nitrogens is 1. The number of carbonyl (C=O) groups is 1. The van der Waals surface area contributed by atoms with Crippen LogP contribution in [0.2, 0.25) is 0 Å². The van der Waals surface area contributed by atoms with E-state index in [1.165, 1.54) is 5.56 Å². The van der Waals surface area contributed by atoms with Gasteiger partial charge in [0.25, 0.3) is 5.91 Å². The zero-order valence-corrected chi connectivity index (χ0v) is 15.9. The average Bonchev–Trinajstić information content (AvgIpc) is 3.29. The van der Waals surface area contributed by atoms with E-state index in [4.69, 9.17) is 0 Å². The molecule has 2 N–H and O–H groups in total. The second-order valence-corrected chi connectivity index (χ2v) is 7.13. The third-order valence-corrected chi connectivity index (χ3v) is 5.49. The third-order valence-electron chi connectivity index (χ3n) is 5.49. The zero-order valence-electron chi connectivity index (χ0n) is 15.0. The van der Waals surface area contributed by atoms with Gasteiger partial charge in [-0.05, 0) is 37.7 Å². The fourth-order valence-corrected chi connectivity index (χ4v) is 4.13. The number of benzene rings is 1. The quantitative estimate of drug-likeness (QED) is 0.845. The number of fused-ring (bicyclic) bond motifs is 1. The van der Waals surface area contributed by atoms with Crippen molar-refractivity contribution in [2.45, 2.75) is 51.1 Å². The first kappa shape index (κ1) is 18.9. The first-order valence-electron chi connectivity index (χ1n) is 9.44. The standard InChI is InChI=1S/C20H26N4O.ClH/c25-20(19-17-14-21-12-11-18(17)22-23-19)24-13-5-10-16(24)9-4-8-15-6-2-1-3-7-15;/h1-3,6-7,16,21H,4-5,8-14H2,(H,22,23);1H. The van der Waals surface area contributed by atoms with Crippen LogP contribution in [0.25, 0.3) is 0 Å². The molecule has 0 aliphatic carbocycles. The Bertz CT molecular complexity index is 731. The van der Waals surface area contributed by atoms with Crippen molar-refractivity contribution in [3.8, 4) is 0 Å². The molecule has 26 heavy (non-hydrogen) atoms. The maximum atomic E-state index is 13.0. The van der Waals surface area contributed by atoms with Crippen molar-refractivity contribution in [2.24, 2.45) is 0 Å². The minimum atomic E-state index is 0. The van der Waals surface area contributed by atoms with Gasteiger partial charge in [0, 0.05) is 43.4 Å². The summed E-state index contributed by atoms with van der Waals surface area (Å²) in [6.45, 7) is 2.57. The highest BCUT2D eigenvalue weighted by atomic mass is 35.5. The van der Waals surface area contributed by atoms with E-state index < -0.39 is 0 Å². The molecule has 6 heteroatoms. The molecular weight excluding hydrogens is 348 g/mol. The van der Waals surface area contributed by atoms with Crippen LogP contribution in [0.15, 0.2) is 30.3 Å². The molecule has 2 aromatic rings. The number of aryl methyl sites for hydroxylation is 1. The Morgan fingerprint density at radius 3 is 2.96 bits per heavy atom. The van der Waals surface area contributed by atoms with E-state index in [9.17, 15) is 4.79 Å². The van der Waals surface area contributed by atoms with E-state index in [1.807, 2.05) is 0 Å². The summed E-state index contributed by atoms with van der Waals surface area (Å²) in [5.74, 6) is 0.114. The lowest BCUT2D eigenvalue weighted by Crippen LogP contribution is -2.37. The van der Waals surface area contributed by atoms with E-state index in [0.29, 0.717) is 11.7 Å². The summed E-state index contributed by atoms with van der Waals surface area (Å²) in [4.78, 5) is 15.1. The van der Waals surface area contributed by atoms with Crippen molar-refractivity contribution in [1.29, 1.82) is 0 Å². The molecule has 2 aliphatic heterocycles. The van der Waals surface area contributed by atoms with Gasteiger partial charge in [0.1, 0.15) is 0 Å². The fraction of sp³-hybridized carbons (Fsp3) is 0.500. The van der Waals surface area contributed by atoms with Crippen molar-refractivity contribution in [1.82, 2.24) is 20.4 Å². The summed E-state index contributed by atoms with van der Waals surface area (Å²) in [6, 6.07) is 11.0. The number of aromatic amines is 1. The first-order valence-corrected chi connectivity index (χ1v) is 9.44. The summed E-state index contributed by atoms with van der Waals surface area (Å²) in [5, 5.41) is 10.8. The summed E-state index contributed by atoms with van der Waals surface area (Å²) >= 11 is 0. The highest BCUT2D eigenvalue weighted by Crippen LogP contribution is 2.26. The Labute approximate surface area is 161 Å². The molecule has 2 aliphatic rings. The number of amides is 1. The maximum Gasteiger partial charge on any atom is 0.274 e. The molecule has 0 radical (unpaired) electrons. The fourth-order valence-electron chi connectivity index (χ4n) is 4.13. The molecule has 1 fully saturated rings. The molecule has 0 spiro atoms. The Morgan fingerprint density at radius 1 is 1.27 bits per heavy atom. The van der Waals surface area contributed by atoms with Crippen LogP contribution in [0.3, 0.4) is 0 Å². The number of carbonyl (C=O) groups excluding carboxylic acids is 1. The van der Waals surface area contributed by atoms with Gasteiger partial charge in [0.15, 0.2) is 5.69 Å². The highest BCUT2D eigenvalue weighted by Gasteiger charge is 2.32. The predicted molar refractivity (Wildman–Crippen MR) is 105 cm³/mol. The van der Waals surface area contributed by atoms with Crippen molar-refractivity contribution in [3.63, 3.8) is 0 Å². The van der Waals surface area contributed by atoms with E-state index in [2.05, 4.69) is 50.7 Å². The Morgan fingerprint density at radius 2 is 2.12 bits per heavy atom. The van der Waals surface area contributed by atoms with Gasteiger partial charge in [-0.15, -0.1) is 12.4 Å². The van der Waals surface area contributed by atoms with Crippen LogP contribution >= 0.6 is 12.4 Å². The normalized spacial score (nSPS) is 19.1. The molecule has 1 aromatic heterocycles. The molecular formula is C20H27ClN4O. The van der Waals surface area contributed by atoms with Gasteiger partial charge in [-0.25, -0.2) is 0 Å². The van der Waals surface area contributed by atoms with Crippen molar-refractivity contribution in [2.75, 3.05) is 13.1 Å². The second-order valence-electron chi connectivity index (χ2n) is 7.13. The first-order chi connectivity index (χ1) is 12.3. The Hall–Kier alpha value is -1.85. The van der Waals surface area contributed by atoms with Crippen LogP contribution in [-0.2, 0) is 19.4 Å². The van der Waals surface area contributed by atoms with E-state index in [1.54, 1.807) is 0 Å². The maximum absolute atomic E-state index is 13.0. The molecule has 1 amide bonds. The molecule has 140 valence electrons. The molecule has 5 nitrogen and oxygen atoms in total. The van der Waals surface area contributed by atoms with Gasteiger partial charge in [-0.3, -0.25) is 9.89 Å². The minimum absolute atomic E-state index is 0. The molecule has 3 heterocycles. The number of hydrogen-bond donors (Lipinski definition) is 2. The smallest absolute Gasteiger partial charge is 0.274 e. The molecule has 4 rings (SSSR count). The number of halogens is 1. The molecule has 1 aromatic carbocycles. The van der Waals surface area contributed by atoms with Gasteiger partial charge >= 0.3 is 0 Å². The lowest BCUT2D eigenvalue weighted by Gasteiger charge is -2.25. The van der Waals surface area contributed by atoms with Crippen LogP contribution < -0.4 is 5.32 Å². The van der Waals surface area contributed by atoms with Crippen molar-refractivity contribution >= 4 is 18.3 Å². The molecule has 1 saturated heterocycles. The summed E-state index contributed by atoms with van der Waals surface area (Å²) in [5.41, 5.74) is 4.22. The van der Waals surface area contributed by atoms with Crippen LogP contribution in [0.5, 0.6) is 0 Å². The lowest BCUT2D eigenvalue weighted by molar-refractivity contribution is 0.0722. The largest absolute Gasteiger partial charge is 0.334 e. The van der Waals surface area contributed by atoms with Gasteiger partial charge in [0.05, 0.1) is 0 Å². The van der Waals surface area contributed by atoms with Crippen molar-refractivity contribution < 1.29 is 4.79 Å². The van der Waals surface area contributed by atoms with Crippen molar-refractivity contribution in [3.05, 3.63) is 52.8 Å². The van der Waals surface area contributed by atoms with E-state index >= 15 is 0 Å². The topological polar surface area (TPSA) is 61.0 Å². The average molecular weight is 375 g/mol. The molecule has 0 bridgehead atoms. The number of rotatable bonds is 5. The number of nitrogens with one attached hydrogen (secondary N) is 2. The van der Waals surface area contributed by atoms with Crippen LogP contribution in [0, 0.1) is 0 Å². The van der Waals surface area contributed by atoms with Gasteiger partial charge in [0.2, 0.25) is 0 Å². The molecule has 0 saturated carbocycles. The van der Waals surface area contributed by atoms with Gasteiger partial charge in [-0.2, -0.15) is 5.10 Å². The summed E-state index contributed by atoms with van der Waals surface area (Å²) in [6.07, 6.45) is 6.43. The SMILES string of the molecule is Cl.O=C(c1n[nH]c2c1CNCC2)N1CCCC1CCCc1ccccc1. The third kappa shape index (κ3) is 3.94. The van der Waals surface area contributed by atoms with E-state index in [0.717, 1.165) is 69.4 Å². The van der Waals surface area contributed by atoms with Gasteiger partial charge < -0.3 is 10.2 Å². The predicted octanol–water partition coefficient (Wildman–Crippen LogP) is 3.10. The zero-order chi connectivity index (χ0) is 17.1. The van der Waals surface area contributed by atoms with Crippen LogP contribution in [0.1, 0.15) is 53.0 Å².